The zero-order valence-electron chi connectivity index (χ0n) is 9.85. The molecule has 0 aliphatic carbocycles. The summed E-state index contributed by atoms with van der Waals surface area (Å²) in [4.78, 5) is 25.9. The molecule has 0 saturated heterocycles. The van der Waals surface area contributed by atoms with E-state index in [0.717, 1.165) is 0 Å². The summed E-state index contributed by atoms with van der Waals surface area (Å²) < 4.78 is 5.23. The molecule has 0 fully saturated rings. The largest absolute Gasteiger partial charge is 0.480 e. The second-order valence-electron chi connectivity index (χ2n) is 3.71. The fraction of sp³-hybridized carbons (Fsp3) is 0.500. The summed E-state index contributed by atoms with van der Waals surface area (Å²) in [6.45, 7) is 4.81. The number of aliphatic carboxylic acids is 1. The zero-order valence-corrected chi connectivity index (χ0v) is 9.85. The van der Waals surface area contributed by atoms with Gasteiger partial charge in [-0.1, -0.05) is 0 Å². The highest BCUT2D eigenvalue weighted by molar-refractivity contribution is 5.82. The number of aryl methyl sites for hydroxylation is 1. The Labute approximate surface area is 98.2 Å². The molecule has 0 spiro atoms. The van der Waals surface area contributed by atoms with Gasteiger partial charge in [-0.2, -0.15) is 0 Å². The molecule has 3 N–H and O–H groups in total. The molecule has 1 aromatic rings. The van der Waals surface area contributed by atoms with E-state index in [9.17, 15) is 9.59 Å². The van der Waals surface area contributed by atoms with Crippen molar-refractivity contribution in [1.29, 1.82) is 0 Å². The minimum absolute atomic E-state index is 0.376. The van der Waals surface area contributed by atoms with E-state index >= 15 is 0 Å². The van der Waals surface area contributed by atoms with Crippen LogP contribution in [0.4, 0.5) is 4.79 Å². The van der Waals surface area contributed by atoms with E-state index in [1.54, 1.807) is 20.0 Å². The van der Waals surface area contributed by atoms with Gasteiger partial charge in [0.05, 0.1) is 6.20 Å². The minimum Gasteiger partial charge on any atom is -0.480 e. The molecule has 0 aromatic carbocycles. The number of nitrogens with one attached hydrogen (secondary N) is 2. The summed E-state index contributed by atoms with van der Waals surface area (Å²) >= 11 is 0. The SMILES string of the molecule is Cc1cnc(C(C)NC(=O)N[C@H](C)C(=O)O)o1. The molecule has 0 aliphatic rings. The van der Waals surface area contributed by atoms with Gasteiger partial charge in [0.15, 0.2) is 0 Å². The van der Waals surface area contributed by atoms with Crippen molar-refractivity contribution in [3.8, 4) is 0 Å². The summed E-state index contributed by atoms with van der Waals surface area (Å²) in [5, 5.41) is 13.4. The second-order valence-corrected chi connectivity index (χ2v) is 3.71. The average Bonchev–Trinajstić information content (AvgIpc) is 2.64. The number of carboxylic acid groups (broad SMARTS) is 1. The Hall–Kier alpha value is -2.05. The lowest BCUT2D eigenvalue weighted by molar-refractivity contribution is -0.138. The van der Waals surface area contributed by atoms with Crippen LogP contribution in [0.25, 0.3) is 0 Å². The molecule has 2 amide bonds. The number of hydrogen-bond donors (Lipinski definition) is 3. The van der Waals surface area contributed by atoms with Gasteiger partial charge in [-0.25, -0.2) is 9.78 Å². The third-order valence-electron chi connectivity index (χ3n) is 2.08. The number of amides is 2. The van der Waals surface area contributed by atoms with Crippen LogP contribution in [0.3, 0.4) is 0 Å². The Bertz CT molecular complexity index is 415. The van der Waals surface area contributed by atoms with Gasteiger partial charge in [0.2, 0.25) is 5.89 Å². The molecule has 0 bridgehead atoms. The number of aromatic nitrogens is 1. The second kappa shape index (κ2) is 5.33. The van der Waals surface area contributed by atoms with E-state index < -0.39 is 24.1 Å². The highest BCUT2D eigenvalue weighted by Crippen LogP contribution is 2.11. The first-order chi connectivity index (χ1) is 7.90. The number of nitrogens with zero attached hydrogens (tertiary/aromatic N) is 1. The number of carbonyl (C=O) groups excluding carboxylic acids is 1. The van der Waals surface area contributed by atoms with Crippen LogP contribution in [0.5, 0.6) is 0 Å². The lowest BCUT2D eigenvalue weighted by atomic mass is 10.3. The van der Waals surface area contributed by atoms with E-state index in [1.165, 1.54) is 6.92 Å². The maximum absolute atomic E-state index is 11.4. The molecule has 0 radical (unpaired) electrons. The van der Waals surface area contributed by atoms with E-state index in [2.05, 4.69) is 15.6 Å². The van der Waals surface area contributed by atoms with Crippen LogP contribution in [0.1, 0.15) is 31.5 Å². The monoisotopic (exact) mass is 241 g/mol. The number of carbonyl (C=O) groups is 2. The van der Waals surface area contributed by atoms with Crippen molar-refractivity contribution in [2.45, 2.75) is 32.9 Å². The van der Waals surface area contributed by atoms with Gasteiger partial charge < -0.3 is 20.2 Å². The van der Waals surface area contributed by atoms with E-state index in [4.69, 9.17) is 9.52 Å². The summed E-state index contributed by atoms with van der Waals surface area (Å²) in [5.74, 6) is -0.0756. The number of hydrogen-bond acceptors (Lipinski definition) is 4. The molecule has 17 heavy (non-hydrogen) atoms. The smallest absolute Gasteiger partial charge is 0.325 e. The van der Waals surface area contributed by atoms with Crippen molar-refractivity contribution >= 4 is 12.0 Å². The average molecular weight is 241 g/mol. The van der Waals surface area contributed by atoms with Gasteiger partial charge in [-0.15, -0.1) is 0 Å². The lowest BCUT2D eigenvalue weighted by Crippen LogP contribution is -2.45. The molecule has 1 unspecified atom stereocenters. The van der Waals surface area contributed by atoms with Crippen LogP contribution < -0.4 is 10.6 Å². The summed E-state index contributed by atoms with van der Waals surface area (Å²) in [5.41, 5.74) is 0. The molecule has 0 aliphatic heterocycles. The van der Waals surface area contributed by atoms with Crippen LogP contribution in [0.2, 0.25) is 0 Å². The molecule has 1 aromatic heterocycles. The van der Waals surface area contributed by atoms with Gasteiger partial charge >= 0.3 is 12.0 Å². The Morgan fingerprint density at radius 2 is 2.06 bits per heavy atom. The van der Waals surface area contributed by atoms with Crippen LogP contribution in [-0.2, 0) is 4.79 Å². The summed E-state index contributed by atoms with van der Waals surface area (Å²) in [6, 6.07) is -1.96. The number of oxazole rings is 1. The van der Waals surface area contributed by atoms with Crippen LogP contribution in [-0.4, -0.2) is 28.1 Å². The quantitative estimate of drug-likeness (QED) is 0.723. The van der Waals surface area contributed by atoms with Gasteiger partial charge in [-0.05, 0) is 20.8 Å². The summed E-state index contributed by atoms with van der Waals surface area (Å²) in [6.07, 6.45) is 1.55. The van der Waals surface area contributed by atoms with Crippen molar-refractivity contribution in [2.24, 2.45) is 0 Å². The Kier molecular flexibility index (Phi) is 4.08. The highest BCUT2D eigenvalue weighted by Gasteiger charge is 2.17. The molecular weight excluding hydrogens is 226 g/mol. The maximum Gasteiger partial charge on any atom is 0.325 e. The Balaban J connectivity index is 2.49. The predicted octanol–water partition coefficient (Wildman–Crippen LogP) is 0.816. The third-order valence-corrected chi connectivity index (χ3v) is 2.08. The van der Waals surface area contributed by atoms with Crippen LogP contribution >= 0.6 is 0 Å². The van der Waals surface area contributed by atoms with Crippen molar-refractivity contribution < 1.29 is 19.1 Å². The highest BCUT2D eigenvalue weighted by atomic mass is 16.4. The molecule has 1 heterocycles. The topological polar surface area (TPSA) is 104 Å². The van der Waals surface area contributed by atoms with Crippen molar-refractivity contribution in [3.05, 3.63) is 17.8 Å². The Morgan fingerprint density at radius 1 is 1.41 bits per heavy atom. The molecule has 2 atom stereocenters. The Morgan fingerprint density at radius 3 is 2.53 bits per heavy atom. The summed E-state index contributed by atoms with van der Waals surface area (Å²) in [7, 11) is 0. The first kappa shape index (κ1) is 13.0. The lowest BCUT2D eigenvalue weighted by Gasteiger charge is -2.13. The van der Waals surface area contributed by atoms with Gasteiger partial charge in [0.1, 0.15) is 17.8 Å². The third kappa shape index (κ3) is 3.78. The van der Waals surface area contributed by atoms with Gasteiger partial charge in [0.25, 0.3) is 0 Å². The molecular formula is C10H15N3O4. The van der Waals surface area contributed by atoms with Crippen LogP contribution in [0.15, 0.2) is 10.6 Å². The van der Waals surface area contributed by atoms with Gasteiger partial charge in [0, 0.05) is 0 Å². The predicted molar refractivity (Wildman–Crippen MR) is 58.4 cm³/mol. The molecule has 7 nitrogen and oxygen atoms in total. The zero-order chi connectivity index (χ0) is 13.0. The fourth-order valence-corrected chi connectivity index (χ4v) is 1.13. The van der Waals surface area contributed by atoms with Crippen molar-refractivity contribution in [1.82, 2.24) is 15.6 Å². The van der Waals surface area contributed by atoms with Gasteiger partial charge in [-0.3, -0.25) is 4.79 Å². The standard InChI is InChI=1S/C10H15N3O4/c1-5-4-11-8(17-5)6(2)12-10(16)13-7(3)9(14)15/h4,6-7H,1-3H3,(H,14,15)(H2,12,13,16)/t6?,7-/m1/s1. The minimum atomic E-state index is -1.10. The maximum atomic E-state index is 11.4. The van der Waals surface area contributed by atoms with E-state index in [1.807, 2.05) is 0 Å². The first-order valence-corrected chi connectivity index (χ1v) is 5.12. The number of urea groups is 1. The molecule has 0 saturated carbocycles. The van der Waals surface area contributed by atoms with E-state index in [0.29, 0.717) is 11.7 Å². The fourth-order valence-electron chi connectivity index (χ4n) is 1.13. The molecule has 94 valence electrons. The molecule has 7 heteroatoms. The van der Waals surface area contributed by atoms with Crippen molar-refractivity contribution in [3.63, 3.8) is 0 Å². The molecule has 1 rings (SSSR count). The van der Waals surface area contributed by atoms with Crippen LogP contribution in [0, 0.1) is 6.92 Å². The normalized spacial score (nSPS) is 13.8. The number of carboxylic acids is 1. The number of rotatable bonds is 4. The van der Waals surface area contributed by atoms with Crippen molar-refractivity contribution in [2.75, 3.05) is 0 Å². The van der Waals surface area contributed by atoms with E-state index in [-0.39, 0.29) is 0 Å². The first-order valence-electron chi connectivity index (χ1n) is 5.12.